The number of piperazine rings is 1. The van der Waals surface area contributed by atoms with E-state index in [9.17, 15) is 4.79 Å². The van der Waals surface area contributed by atoms with Crippen LogP contribution in [0.3, 0.4) is 0 Å². The van der Waals surface area contributed by atoms with Crippen LogP contribution < -0.4 is 5.32 Å². The number of hydrogen-bond acceptors (Lipinski definition) is 5. The van der Waals surface area contributed by atoms with Crippen molar-refractivity contribution in [3.8, 4) is 11.3 Å². The number of benzene rings is 1. The molecule has 0 aliphatic carbocycles. The molecule has 0 bridgehead atoms. The lowest BCUT2D eigenvalue weighted by atomic mass is 10.2. The number of hydrogen-bond donors (Lipinski definition) is 1. The van der Waals surface area contributed by atoms with Gasteiger partial charge in [-0.2, -0.15) is 0 Å². The number of carbonyl (C=O) groups is 1. The van der Waals surface area contributed by atoms with E-state index in [1.54, 1.807) is 4.90 Å². The van der Waals surface area contributed by atoms with E-state index in [2.05, 4.69) is 15.4 Å². The summed E-state index contributed by atoms with van der Waals surface area (Å²) < 4.78 is 10.5. The molecule has 8 heteroatoms. The fourth-order valence-corrected chi connectivity index (χ4v) is 3.02. The Labute approximate surface area is 165 Å². The van der Waals surface area contributed by atoms with E-state index >= 15 is 0 Å². The summed E-state index contributed by atoms with van der Waals surface area (Å²) >= 11 is 0. The fraction of sp³-hybridized carbons (Fsp3) is 0.450. The number of amides is 1. The second-order valence-corrected chi connectivity index (χ2v) is 6.39. The lowest BCUT2D eigenvalue weighted by molar-refractivity contribution is 0.0914. The number of carbonyl (C=O) groups excluding carboxylic acids is 1. The monoisotopic (exact) mass is 385 g/mol. The molecular formula is C20H27N5O3. The Morgan fingerprint density at radius 2 is 1.89 bits per heavy atom. The van der Waals surface area contributed by atoms with Gasteiger partial charge in [0.05, 0.1) is 13.2 Å². The Morgan fingerprint density at radius 1 is 1.18 bits per heavy atom. The molecule has 1 aliphatic rings. The van der Waals surface area contributed by atoms with Gasteiger partial charge in [0.1, 0.15) is 5.69 Å². The standard InChI is InChI=1S/C20H27N5O3/c1-3-21-19(24-10-12-25(13-11-24)20(26)27-4-2)22-15-17-14-18(28-23-17)16-8-6-5-7-9-16/h5-9,14H,3-4,10-13,15H2,1-2H3,(H,21,22). The summed E-state index contributed by atoms with van der Waals surface area (Å²) in [6.07, 6.45) is -0.250. The van der Waals surface area contributed by atoms with Crippen LogP contribution in [-0.2, 0) is 11.3 Å². The quantitative estimate of drug-likeness (QED) is 0.629. The van der Waals surface area contributed by atoms with Gasteiger partial charge in [0.2, 0.25) is 0 Å². The van der Waals surface area contributed by atoms with Gasteiger partial charge in [-0.25, -0.2) is 9.79 Å². The first kappa shape index (κ1) is 19.7. The van der Waals surface area contributed by atoms with Crippen molar-refractivity contribution in [1.29, 1.82) is 0 Å². The maximum Gasteiger partial charge on any atom is 0.409 e. The molecule has 8 nitrogen and oxygen atoms in total. The Kier molecular flexibility index (Phi) is 6.89. The van der Waals surface area contributed by atoms with E-state index in [1.165, 1.54) is 0 Å². The van der Waals surface area contributed by atoms with Crippen LogP contribution in [0.15, 0.2) is 45.9 Å². The summed E-state index contributed by atoms with van der Waals surface area (Å²) in [5.41, 5.74) is 1.77. The van der Waals surface area contributed by atoms with Crippen molar-refractivity contribution in [2.45, 2.75) is 20.4 Å². The van der Waals surface area contributed by atoms with Gasteiger partial charge in [-0.05, 0) is 13.8 Å². The van der Waals surface area contributed by atoms with Crippen molar-refractivity contribution in [3.05, 3.63) is 42.1 Å². The van der Waals surface area contributed by atoms with Gasteiger partial charge in [0.25, 0.3) is 0 Å². The summed E-state index contributed by atoms with van der Waals surface area (Å²) in [6.45, 7) is 8.09. The molecule has 0 spiro atoms. The second-order valence-electron chi connectivity index (χ2n) is 6.39. The average molecular weight is 385 g/mol. The van der Waals surface area contributed by atoms with Crippen LogP contribution in [0.5, 0.6) is 0 Å². The van der Waals surface area contributed by atoms with Gasteiger partial charge in [-0.15, -0.1) is 0 Å². The average Bonchev–Trinajstić information content (AvgIpc) is 3.21. The van der Waals surface area contributed by atoms with Gasteiger partial charge in [0.15, 0.2) is 11.7 Å². The molecule has 0 saturated carbocycles. The van der Waals surface area contributed by atoms with Crippen molar-refractivity contribution in [3.63, 3.8) is 0 Å². The summed E-state index contributed by atoms with van der Waals surface area (Å²) in [5.74, 6) is 1.55. The smallest absolute Gasteiger partial charge is 0.409 e. The maximum absolute atomic E-state index is 11.9. The van der Waals surface area contributed by atoms with Crippen molar-refractivity contribution in [2.75, 3.05) is 39.3 Å². The SMILES string of the molecule is CCNC(=NCc1cc(-c2ccccc2)on1)N1CCN(C(=O)OCC)CC1. The van der Waals surface area contributed by atoms with Gasteiger partial charge in [0, 0.05) is 44.4 Å². The molecule has 2 aromatic rings. The zero-order valence-electron chi connectivity index (χ0n) is 16.4. The van der Waals surface area contributed by atoms with Crippen LogP contribution >= 0.6 is 0 Å². The largest absolute Gasteiger partial charge is 0.450 e. The van der Waals surface area contributed by atoms with Crippen molar-refractivity contribution in [1.82, 2.24) is 20.3 Å². The van der Waals surface area contributed by atoms with Gasteiger partial charge >= 0.3 is 6.09 Å². The lowest BCUT2D eigenvalue weighted by Gasteiger charge is -2.35. The first-order valence-corrected chi connectivity index (χ1v) is 9.67. The highest BCUT2D eigenvalue weighted by molar-refractivity contribution is 5.80. The molecule has 0 radical (unpaired) electrons. The number of aliphatic imine (C=N–C) groups is 1. The number of nitrogens with one attached hydrogen (secondary N) is 1. The highest BCUT2D eigenvalue weighted by Crippen LogP contribution is 2.20. The zero-order valence-corrected chi connectivity index (χ0v) is 16.4. The first-order chi connectivity index (χ1) is 13.7. The molecule has 1 N–H and O–H groups in total. The minimum Gasteiger partial charge on any atom is -0.450 e. The number of guanidine groups is 1. The Hall–Kier alpha value is -3.03. The minimum atomic E-state index is -0.250. The lowest BCUT2D eigenvalue weighted by Crippen LogP contribution is -2.53. The van der Waals surface area contributed by atoms with Crippen LogP contribution in [-0.4, -0.2) is 66.3 Å². The molecule has 1 amide bonds. The van der Waals surface area contributed by atoms with Crippen LogP contribution in [0.2, 0.25) is 0 Å². The van der Waals surface area contributed by atoms with Gasteiger partial charge in [-0.3, -0.25) is 0 Å². The Morgan fingerprint density at radius 3 is 2.57 bits per heavy atom. The Bertz CT molecular complexity index is 782. The van der Waals surface area contributed by atoms with E-state index in [4.69, 9.17) is 14.3 Å². The summed E-state index contributed by atoms with van der Waals surface area (Å²) in [5, 5.41) is 7.44. The van der Waals surface area contributed by atoms with Crippen molar-refractivity contribution >= 4 is 12.1 Å². The maximum atomic E-state index is 11.9. The normalized spacial score (nSPS) is 14.9. The van der Waals surface area contributed by atoms with E-state index in [0.29, 0.717) is 39.3 Å². The molecule has 28 heavy (non-hydrogen) atoms. The van der Waals surface area contributed by atoms with Gasteiger partial charge < -0.3 is 24.4 Å². The molecule has 150 valence electrons. The van der Waals surface area contributed by atoms with Crippen molar-refractivity contribution < 1.29 is 14.1 Å². The van der Waals surface area contributed by atoms with E-state index in [-0.39, 0.29) is 6.09 Å². The fourth-order valence-electron chi connectivity index (χ4n) is 3.02. The second kappa shape index (κ2) is 9.77. The highest BCUT2D eigenvalue weighted by atomic mass is 16.6. The summed E-state index contributed by atoms with van der Waals surface area (Å²) in [6, 6.07) is 11.8. The molecule has 1 aliphatic heterocycles. The minimum absolute atomic E-state index is 0.250. The van der Waals surface area contributed by atoms with E-state index in [1.807, 2.05) is 50.2 Å². The van der Waals surface area contributed by atoms with Crippen LogP contribution in [0, 0.1) is 0 Å². The van der Waals surface area contributed by atoms with Crippen molar-refractivity contribution in [2.24, 2.45) is 4.99 Å². The molecule has 0 unspecified atom stereocenters. The van der Waals surface area contributed by atoms with Crippen LogP contribution in [0.25, 0.3) is 11.3 Å². The molecular weight excluding hydrogens is 358 g/mol. The molecule has 1 fully saturated rings. The Balaban J connectivity index is 1.61. The zero-order chi connectivity index (χ0) is 19.8. The van der Waals surface area contributed by atoms with Gasteiger partial charge in [-0.1, -0.05) is 35.5 Å². The summed E-state index contributed by atoms with van der Waals surface area (Å²) in [4.78, 5) is 20.4. The predicted octanol–water partition coefficient (Wildman–Crippen LogP) is 2.58. The summed E-state index contributed by atoms with van der Waals surface area (Å²) in [7, 11) is 0. The third-order valence-electron chi connectivity index (χ3n) is 4.45. The van der Waals surface area contributed by atoms with Crippen LogP contribution in [0.1, 0.15) is 19.5 Å². The number of nitrogens with zero attached hydrogens (tertiary/aromatic N) is 4. The predicted molar refractivity (Wildman–Crippen MR) is 107 cm³/mol. The highest BCUT2D eigenvalue weighted by Gasteiger charge is 2.23. The number of rotatable bonds is 5. The molecule has 1 saturated heterocycles. The van der Waals surface area contributed by atoms with E-state index in [0.717, 1.165) is 29.5 Å². The first-order valence-electron chi connectivity index (χ1n) is 9.67. The molecule has 1 aromatic carbocycles. The number of aromatic nitrogens is 1. The third-order valence-corrected chi connectivity index (χ3v) is 4.45. The molecule has 1 aromatic heterocycles. The number of ether oxygens (including phenoxy) is 1. The third kappa shape index (κ3) is 5.03. The molecule has 2 heterocycles. The molecule has 3 rings (SSSR count). The van der Waals surface area contributed by atoms with Crippen LogP contribution in [0.4, 0.5) is 4.79 Å². The topological polar surface area (TPSA) is 83.2 Å². The molecule has 0 atom stereocenters. The van der Waals surface area contributed by atoms with E-state index < -0.39 is 0 Å².